The molecule has 68 valence electrons. The number of fused-ring (bicyclic) bond motifs is 1. The minimum absolute atomic E-state index is 0.612. The summed E-state index contributed by atoms with van der Waals surface area (Å²) in [7, 11) is 0. The molecule has 4 heteroatoms. The van der Waals surface area contributed by atoms with Gasteiger partial charge in [-0.25, -0.2) is 4.98 Å². The fraction of sp³-hybridized carbons (Fsp3) is 0.222. The zero-order chi connectivity index (χ0) is 9.10. The van der Waals surface area contributed by atoms with Crippen molar-refractivity contribution < 1.29 is 0 Å². The Bertz CT molecular complexity index is 396. The zero-order valence-corrected chi connectivity index (χ0v) is 7.80. The highest BCUT2D eigenvalue weighted by Gasteiger charge is 1.96. The Morgan fingerprint density at radius 1 is 1.46 bits per heavy atom. The molecule has 2 rings (SSSR count). The maximum absolute atomic E-state index is 5.57. The first kappa shape index (κ1) is 8.38. The molecule has 2 N–H and O–H groups in total. The summed E-state index contributed by atoms with van der Waals surface area (Å²) >= 11 is 5.57. The third-order valence-electron chi connectivity index (χ3n) is 1.84. The van der Waals surface area contributed by atoms with E-state index in [0.717, 1.165) is 23.3 Å². The number of benzene rings is 1. The van der Waals surface area contributed by atoms with Crippen molar-refractivity contribution in [2.75, 3.05) is 17.7 Å². The van der Waals surface area contributed by atoms with Crippen molar-refractivity contribution in [1.82, 2.24) is 9.97 Å². The number of nitrogens with one attached hydrogen (secondary N) is 2. The van der Waals surface area contributed by atoms with Crippen LogP contribution in [0, 0.1) is 0 Å². The van der Waals surface area contributed by atoms with Crippen LogP contribution in [0.4, 0.5) is 5.69 Å². The lowest BCUT2D eigenvalue weighted by molar-refractivity contribution is 1.22. The van der Waals surface area contributed by atoms with Crippen LogP contribution in [0.3, 0.4) is 0 Å². The Balaban J connectivity index is 2.26. The van der Waals surface area contributed by atoms with Crippen molar-refractivity contribution in [3.8, 4) is 0 Å². The highest BCUT2D eigenvalue weighted by Crippen LogP contribution is 2.15. The predicted molar refractivity (Wildman–Crippen MR) is 55.3 cm³/mol. The summed E-state index contributed by atoms with van der Waals surface area (Å²) < 4.78 is 0. The number of aromatic amines is 1. The fourth-order valence-electron chi connectivity index (χ4n) is 1.24. The van der Waals surface area contributed by atoms with E-state index in [-0.39, 0.29) is 0 Å². The Morgan fingerprint density at radius 3 is 3.23 bits per heavy atom. The van der Waals surface area contributed by atoms with Crippen LogP contribution in [0.2, 0.25) is 0 Å². The van der Waals surface area contributed by atoms with E-state index in [4.69, 9.17) is 11.6 Å². The fourth-order valence-corrected chi connectivity index (χ4v) is 1.33. The van der Waals surface area contributed by atoms with Gasteiger partial charge in [-0.15, -0.1) is 11.6 Å². The normalized spacial score (nSPS) is 10.5. The lowest BCUT2D eigenvalue weighted by atomic mass is 10.3. The molecule has 0 saturated carbocycles. The van der Waals surface area contributed by atoms with Crippen LogP contribution >= 0.6 is 11.6 Å². The Kier molecular flexibility index (Phi) is 2.36. The summed E-state index contributed by atoms with van der Waals surface area (Å²) in [6.07, 6.45) is 1.69. The molecule has 0 spiro atoms. The van der Waals surface area contributed by atoms with Gasteiger partial charge in [-0.3, -0.25) is 0 Å². The summed E-state index contributed by atoms with van der Waals surface area (Å²) in [5, 5.41) is 3.20. The summed E-state index contributed by atoms with van der Waals surface area (Å²) in [5.74, 6) is 0.612. The minimum atomic E-state index is 0.612. The largest absolute Gasteiger partial charge is 0.384 e. The van der Waals surface area contributed by atoms with Crippen LogP contribution in [-0.2, 0) is 0 Å². The van der Waals surface area contributed by atoms with Gasteiger partial charge in [-0.05, 0) is 18.2 Å². The van der Waals surface area contributed by atoms with Crippen LogP contribution in [0.15, 0.2) is 24.5 Å². The Hall–Kier alpha value is -1.22. The van der Waals surface area contributed by atoms with Crippen LogP contribution in [0.25, 0.3) is 11.0 Å². The molecular formula is C9H10ClN3. The van der Waals surface area contributed by atoms with Crippen molar-refractivity contribution in [2.24, 2.45) is 0 Å². The number of halogens is 1. The van der Waals surface area contributed by atoms with Gasteiger partial charge in [0.15, 0.2) is 0 Å². The van der Waals surface area contributed by atoms with Gasteiger partial charge in [0.2, 0.25) is 0 Å². The van der Waals surface area contributed by atoms with E-state index in [1.165, 1.54) is 0 Å². The SMILES string of the molecule is ClCCNc1ccc2nc[nH]c2c1. The number of rotatable bonds is 3. The van der Waals surface area contributed by atoms with Gasteiger partial charge in [0.1, 0.15) is 0 Å². The molecule has 0 saturated heterocycles. The maximum atomic E-state index is 5.57. The average molecular weight is 196 g/mol. The Morgan fingerprint density at radius 2 is 2.38 bits per heavy atom. The first-order chi connectivity index (χ1) is 6.40. The van der Waals surface area contributed by atoms with Crippen LogP contribution in [0.5, 0.6) is 0 Å². The number of hydrogen-bond donors (Lipinski definition) is 2. The summed E-state index contributed by atoms with van der Waals surface area (Å²) in [4.78, 5) is 7.18. The van der Waals surface area contributed by atoms with Crippen LogP contribution in [0.1, 0.15) is 0 Å². The molecule has 0 fully saturated rings. The number of hydrogen-bond acceptors (Lipinski definition) is 2. The summed E-state index contributed by atoms with van der Waals surface area (Å²) in [6, 6.07) is 5.99. The number of alkyl halides is 1. The van der Waals surface area contributed by atoms with E-state index < -0.39 is 0 Å². The number of H-pyrrole nitrogens is 1. The second-order valence-electron chi connectivity index (χ2n) is 2.75. The van der Waals surface area contributed by atoms with Gasteiger partial charge in [-0.1, -0.05) is 0 Å². The van der Waals surface area contributed by atoms with E-state index in [1.54, 1.807) is 6.33 Å². The molecule has 0 aliphatic rings. The molecule has 0 radical (unpaired) electrons. The van der Waals surface area contributed by atoms with Crippen molar-refractivity contribution in [2.45, 2.75) is 0 Å². The van der Waals surface area contributed by atoms with Crippen LogP contribution < -0.4 is 5.32 Å². The molecule has 1 aromatic carbocycles. The molecule has 2 aromatic rings. The molecule has 13 heavy (non-hydrogen) atoms. The van der Waals surface area contributed by atoms with E-state index >= 15 is 0 Å². The third-order valence-corrected chi connectivity index (χ3v) is 2.03. The molecule has 0 amide bonds. The zero-order valence-electron chi connectivity index (χ0n) is 7.05. The molecule has 0 atom stereocenters. The van der Waals surface area contributed by atoms with Crippen molar-refractivity contribution in [1.29, 1.82) is 0 Å². The van der Waals surface area contributed by atoms with Gasteiger partial charge in [0, 0.05) is 18.1 Å². The quantitative estimate of drug-likeness (QED) is 0.738. The molecule has 3 nitrogen and oxygen atoms in total. The summed E-state index contributed by atoms with van der Waals surface area (Å²) in [6.45, 7) is 0.779. The number of aromatic nitrogens is 2. The number of anilines is 1. The molecular weight excluding hydrogens is 186 g/mol. The number of nitrogens with zero attached hydrogens (tertiary/aromatic N) is 1. The lowest BCUT2D eigenvalue weighted by Crippen LogP contribution is -2.01. The average Bonchev–Trinajstić information content (AvgIpc) is 2.61. The standard InChI is InChI=1S/C9H10ClN3/c10-3-4-11-7-1-2-8-9(5-7)13-6-12-8/h1-2,5-6,11H,3-4H2,(H,12,13). The first-order valence-corrected chi connectivity index (χ1v) is 4.66. The maximum Gasteiger partial charge on any atom is 0.0931 e. The highest BCUT2D eigenvalue weighted by molar-refractivity contribution is 6.18. The van der Waals surface area contributed by atoms with Gasteiger partial charge in [0.25, 0.3) is 0 Å². The molecule has 1 aromatic heterocycles. The van der Waals surface area contributed by atoms with E-state index in [1.807, 2.05) is 18.2 Å². The van der Waals surface area contributed by atoms with Gasteiger partial charge >= 0.3 is 0 Å². The monoisotopic (exact) mass is 195 g/mol. The van der Waals surface area contributed by atoms with Crippen molar-refractivity contribution in [3.63, 3.8) is 0 Å². The second kappa shape index (κ2) is 3.66. The summed E-state index contributed by atoms with van der Waals surface area (Å²) in [5.41, 5.74) is 3.09. The van der Waals surface area contributed by atoms with E-state index in [9.17, 15) is 0 Å². The lowest BCUT2D eigenvalue weighted by Gasteiger charge is -2.02. The minimum Gasteiger partial charge on any atom is -0.384 e. The van der Waals surface area contributed by atoms with Crippen molar-refractivity contribution >= 4 is 28.3 Å². The van der Waals surface area contributed by atoms with Gasteiger partial charge < -0.3 is 10.3 Å². The topological polar surface area (TPSA) is 40.7 Å². The number of imidazole rings is 1. The third kappa shape index (κ3) is 1.75. The molecule has 0 unspecified atom stereocenters. The van der Waals surface area contributed by atoms with E-state index in [0.29, 0.717) is 5.88 Å². The second-order valence-corrected chi connectivity index (χ2v) is 3.13. The molecule has 0 bridgehead atoms. The molecule has 1 heterocycles. The predicted octanol–water partition coefficient (Wildman–Crippen LogP) is 2.21. The Labute approximate surface area is 81.1 Å². The van der Waals surface area contributed by atoms with Gasteiger partial charge in [-0.2, -0.15) is 0 Å². The van der Waals surface area contributed by atoms with E-state index in [2.05, 4.69) is 15.3 Å². The van der Waals surface area contributed by atoms with Crippen molar-refractivity contribution in [3.05, 3.63) is 24.5 Å². The highest BCUT2D eigenvalue weighted by atomic mass is 35.5. The molecule has 0 aliphatic heterocycles. The molecule has 0 aliphatic carbocycles. The first-order valence-electron chi connectivity index (χ1n) is 4.13. The van der Waals surface area contributed by atoms with Gasteiger partial charge in [0.05, 0.1) is 17.4 Å². The smallest absolute Gasteiger partial charge is 0.0931 e. The van der Waals surface area contributed by atoms with Crippen LogP contribution in [-0.4, -0.2) is 22.4 Å².